The maximum absolute atomic E-state index is 6.10. The zero-order valence-corrected chi connectivity index (χ0v) is 15.1. The second-order valence-electron chi connectivity index (χ2n) is 7.42. The Morgan fingerprint density at radius 3 is 2.88 bits per heavy atom. The number of likely N-dealkylation sites (tertiary alicyclic amines) is 1. The van der Waals surface area contributed by atoms with Crippen LogP contribution in [0.25, 0.3) is 0 Å². The van der Waals surface area contributed by atoms with E-state index in [2.05, 4.69) is 40.3 Å². The molecule has 1 aromatic rings. The molecule has 1 aliphatic heterocycles. The number of aryl methyl sites for hydroxylation is 1. The Balaban J connectivity index is 1.45. The van der Waals surface area contributed by atoms with Gasteiger partial charge in [0.1, 0.15) is 0 Å². The van der Waals surface area contributed by atoms with Crippen LogP contribution in [-0.4, -0.2) is 37.0 Å². The van der Waals surface area contributed by atoms with Crippen molar-refractivity contribution in [3.8, 4) is 0 Å². The van der Waals surface area contributed by atoms with Crippen molar-refractivity contribution >= 4 is 11.6 Å². The van der Waals surface area contributed by atoms with Gasteiger partial charge in [-0.15, -0.1) is 0 Å². The smallest absolute Gasteiger partial charge is 0.193 e. The molecule has 0 bridgehead atoms. The Hall–Kier alpha value is -1.55. The average molecular weight is 329 g/mol. The normalized spacial score (nSPS) is 20.0. The van der Waals surface area contributed by atoms with Crippen LogP contribution in [0.4, 0.5) is 5.69 Å². The Labute approximate surface area is 146 Å². The van der Waals surface area contributed by atoms with E-state index in [1.54, 1.807) is 0 Å². The molecule has 24 heavy (non-hydrogen) atoms. The van der Waals surface area contributed by atoms with Gasteiger partial charge in [0.05, 0.1) is 0 Å². The fourth-order valence-electron chi connectivity index (χ4n) is 3.86. The number of guanidine groups is 1. The molecule has 1 aliphatic carbocycles. The first-order valence-electron chi connectivity index (χ1n) is 9.62. The molecule has 1 heterocycles. The van der Waals surface area contributed by atoms with E-state index in [1.165, 1.54) is 56.3 Å². The maximum atomic E-state index is 6.10. The molecule has 2 aliphatic rings. The van der Waals surface area contributed by atoms with Gasteiger partial charge < -0.3 is 16.0 Å². The van der Waals surface area contributed by atoms with Crippen molar-refractivity contribution in [2.24, 2.45) is 16.6 Å². The first-order chi connectivity index (χ1) is 11.7. The van der Waals surface area contributed by atoms with Crippen molar-refractivity contribution in [3.05, 3.63) is 29.3 Å². The fraction of sp³-hybridized carbons (Fsp3) is 0.650. The summed E-state index contributed by atoms with van der Waals surface area (Å²) in [7, 11) is 0. The molecule has 0 atom stereocenters. The number of anilines is 1. The number of benzene rings is 1. The minimum absolute atomic E-state index is 0.557. The standard InChI is InChI=1S/C20H32N4/c1-16-10-14-24(15-11-16)13-5-12-22-20(21)23-19-9-4-7-17-6-2-3-8-18(17)19/h4,7,9,16H,2-3,5-6,8,10-15H2,1H3,(H3,21,22,23). The van der Waals surface area contributed by atoms with E-state index in [0.29, 0.717) is 5.96 Å². The highest BCUT2D eigenvalue weighted by Gasteiger charge is 2.15. The van der Waals surface area contributed by atoms with Crippen LogP contribution in [0.5, 0.6) is 0 Å². The van der Waals surface area contributed by atoms with Gasteiger partial charge in [0.15, 0.2) is 5.96 Å². The molecule has 1 aromatic carbocycles. The van der Waals surface area contributed by atoms with E-state index in [9.17, 15) is 0 Å². The summed E-state index contributed by atoms with van der Waals surface area (Å²) in [6.07, 6.45) is 8.68. The lowest BCUT2D eigenvalue weighted by Gasteiger charge is -2.29. The Morgan fingerprint density at radius 1 is 1.25 bits per heavy atom. The molecule has 0 saturated carbocycles. The van der Waals surface area contributed by atoms with Gasteiger partial charge >= 0.3 is 0 Å². The molecule has 0 aromatic heterocycles. The fourth-order valence-corrected chi connectivity index (χ4v) is 3.86. The van der Waals surface area contributed by atoms with Gasteiger partial charge in [0.25, 0.3) is 0 Å². The van der Waals surface area contributed by atoms with Crippen LogP contribution in [0.1, 0.15) is 50.2 Å². The molecule has 4 heteroatoms. The van der Waals surface area contributed by atoms with Gasteiger partial charge in [0, 0.05) is 12.2 Å². The number of hydrogen-bond donors (Lipinski definition) is 2. The molecule has 1 fully saturated rings. The van der Waals surface area contributed by atoms with E-state index < -0.39 is 0 Å². The highest BCUT2D eigenvalue weighted by molar-refractivity contribution is 5.93. The number of nitrogens with two attached hydrogens (primary N) is 1. The molecule has 4 nitrogen and oxygen atoms in total. The van der Waals surface area contributed by atoms with Gasteiger partial charge in [-0.1, -0.05) is 19.1 Å². The van der Waals surface area contributed by atoms with E-state index in [-0.39, 0.29) is 0 Å². The molecule has 0 unspecified atom stereocenters. The predicted octanol–water partition coefficient (Wildman–Crippen LogP) is 3.41. The summed E-state index contributed by atoms with van der Waals surface area (Å²) in [4.78, 5) is 7.09. The first-order valence-corrected chi connectivity index (χ1v) is 9.62. The quantitative estimate of drug-likeness (QED) is 0.495. The van der Waals surface area contributed by atoms with Crippen molar-refractivity contribution in [2.75, 3.05) is 31.5 Å². The van der Waals surface area contributed by atoms with E-state index >= 15 is 0 Å². The molecule has 0 radical (unpaired) electrons. The third-order valence-corrected chi connectivity index (χ3v) is 5.45. The summed E-state index contributed by atoms with van der Waals surface area (Å²) in [6, 6.07) is 6.49. The van der Waals surface area contributed by atoms with Gasteiger partial charge in [-0.3, -0.25) is 4.99 Å². The summed E-state index contributed by atoms with van der Waals surface area (Å²) in [5, 5.41) is 3.33. The Morgan fingerprint density at radius 2 is 2.04 bits per heavy atom. The molecule has 3 N–H and O–H groups in total. The maximum Gasteiger partial charge on any atom is 0.193 e. The van der Waals surface area contributed by atoms with Crippen molar-refractivity contribution in [3.63, 3.8) is 0 Å². The summed E-state index contributed by atoms with van der Waals surface area (Å²) < 4.78 is 0. The molecule has 132 valence electrons. The first kappa shape index (κ1) is 17.3. The van der Waals surface area contributed by atoms with Crippen LogP contribution in [-0.2, 0) is 12.8 Å². The lowest BCUT2D eigenvalue weighted by Crippen LogP contribution is -2.34. The summed E-state index contributed by atoms with van der Waals surface area (Å²) >= 11 is 0. The van der Waals surface area contributed by atoms with Crippen LogP contribution in [0.2, 0.25) is 0 Å². The van der Waals surface area contributed by atoms with Gasteiger partial charge in [-0.2, -0.15) is 0 Å². The largest absolute Gasteiger partial charge is 0.370 e. The summed E-state index contributed by atoms with van der Waals surface area (Å²) in [5.41, 5.74) is 10.2. The van der Waals surface area contributed by atoms with E-state index in [4.69, 9.17) is 5.73 Å². The number of fused-ring (bicyclic) bond motifs is 1. The lowest BCUT2D eigenvalue weighted by atomic mass is 9.90. The summed E-state index contributed by atoms with van der Waals surface area (Å²) in [5.74, 6) is 1.46. The monoisotopic (exact) mass is 328 g/mol. The molecular formula is C20H32N4. The van der Waals surface area contributed by atoms with Crippen LogP contribution < -0.4 is 11.1 Å². The van der Waals surface area contributed by atoms with Gasteiger partial charge in [-0.05, 0) is 87.7 Å². The van der Waals surface area contributed by atoms with Gasteiger partial charge in [0.2, 0.25) is 0 Å². The Bertz CT molecular complexity index is 559. The number of aliphatic imine (C=N–C) groups is 1. The van der Waals surface area contributed by atoms with Crippen LogP contribution in [0.15, 0.2) is 23.2 Å². The Kier molecular flexibility index (Phi) is 6.13. The molecule has 3 rings (SSSR count). The second-order valence-corrected chi connectivity index (χ2v) is 7.42. The van der Waals surface area contributed by atoms with E-state index in [1.807, 2.05) is 0 Å². The zero-order valence-electron chi connectivity index (χ0n) is 15.1. The number of piperidine rings is 1. The SMILES string of the molecule is CC1CCN(CCCN=C(N)Nc2cccc3c2CCCC3)CC1. The van der Waals surface area contributed by atoms with Crippen LogP contribution in [0.3, 0.4) is 0 Å². The number of nitrogens with zero attached hydrogens (tertiary/aromatic N) is 2. The zero-order chi connectivity index (χ0) is 16.8. The topological polar surface area (TPSA) is 53.6 Å². The summed E-state index contributed by atoms with van der Waals surface area (Å²) in [6.45, 7) is 6.80. The second kappa shape index (κ2) is 8.52. The van der Waals surface area contributed by atoms with Crippen molar-refractivity contribution in [2.45, 2.75) is 51.9 Å². The number of hydrogen-bond acceptors (Lipinski definition) is 2. The van der Waals surface area contributed by atoms with Crippen LogP contribution in [0, 0.1) is 5.92 Å². The molecule has 0 amide bonds. The predicted molar refractivity (Wildman–Crippen MR) is 103 cm³/mol. The van der Waals surface area contributed by atoms with Gasteiger partial charge in [-0.25, -0.2) is 0 Å². The van der Waals surface area contributed by atoms with Crippen molar-refractivity contribution in [1.29, 1.82) is 0 Å². The highest BCUT2D eigenvalue weighted by Crippen LogP contribution is 2.27. The number of nitrogens with one attached hydrogen (secondary N) is 1. The van der Waals surface area contributed by atoms with Crippen LogP contribution >= 0.6 is 0 Å². The molecule has 1 saturated heterocycles. The van der Waals surface area contributed by atoms with E-state index in [0.717, 1.165) is 37.5 Å². The average Bonchev–Trinajstić information content (AvgIpc) is 2.61. The van der Waals surface area contributed by atoms with Crippen molar-refractivity contribution in [1.82, 2.24) is 4.90 Å². The highest BCUT2D eigenvalue weighted by atomic mass is 15.1. The molecular weight excluding hydrogens is 296 g/mol. The molecule has 0 spiro atoms. The minimum atomic E-state index is 0.557. The third kappa shape index (κ3) is 4.73. The van der Waals surface area contributed by atoms with Crippen molar-refractivity contribution < 1.29 is 0 Å². The third-order valence-electron chi connectivity index (χ3n) is 5.45. The lowest BCUT2D eigenvalue weighted by molar-refractivity contribution is 0.192. The number of rotatable bonds is 5. The minimum Gasteiger partial charge on any atom is -0.370 e.